The van der Waals surface area contributed by atoms with Gasteiger partial charge in [0.25, 0.3) is 0 Å². The van der Waals surface area contributed by atoms with E-state index in [0.29, 0.717) is 17.7 Å². The van der Waals surface area contributed by atoms with Gasteiger partial charge in [-0.2, -0.15) is 0 Å². The molecule has 1 fully saturated rings. The maximum absolute atomic E-state index is 11.7. The smallest absolute Gasteiger partial charge is 0.223 e. The van der Waals surface area contributed by atoms with Crippen LogP contribution in [0.3, 0.4) is 0 Å². The van der Waals surface area contributed by atoms with Crippen LogP contribution in [0.1, 0.15) is 52.4 Å². The zero-order chi connectivity index (χ0) is 10.4. The van der Waals surface area contributed by atoms with E-state index in [2.05, 4.69) is 19.2 Å². The maximum Gasteiger partial charge on any atom is 0.223 e. The minimum absolute atomic E-state index is 0.297. The number of carbonyl (C=O) groups is 1. The molecule has 0 aromatic carbocycles. The average molecular weight is 197 g/mol. The van der Waals surface area contributed by atoms with Crippen LogP contribution in [0.5, 0.6) is 0 Å². The molecular weight excluding hydrogens is 174 g/mol. The van der Waals surface area contributed by atoms with E-state index in [9.17, 15) is 4.79 Å². The molecule has 0 aromatic rings. The second-order valence-electron chi connectivity index (χ2n) is 4.81. The van der Waals surface area contributed by atoms with Crippen molar-refractivity contribution in [2.24, 2.45) is 11.8 Å². The Balaban J connectivity index is 2.13. The summed E-state index contributed by atoms with van der Waals surface area (Å²) in [5.41, 5.74) is 0. The predicted octanol–water partition coefficient (Wildman–Crippen LogP) is 2.73. The van der Waals surface area contributed by atoms with Crippen molar-refractivity contribution in [3.05, 3.63) is 0 Å². The fraction of sp³-hybridized carbons (Fsp3) is 0.917. The first-order valence-electron chi connectivity index (χ1n) is 5.98. The van der Waals surface area contributed by atoms with Crippen LogP contribution in [0.15, 0.2) is 0 Å². The highest BCUT2D eigenvalue weighted by molar-refractivity contribution is 5.78. The molecule has 0 atom stereocenters. The third kappa shape index (κ3) is 4.12. The standard InChI is InChI=1S/C12H23NO/c1-10(2)8-9-13-12(14)11-6-4-3-5-7-11/h10-11H,3-9H2,1-2H3,(H,13,14). The topological polar surface area (TPSA) is 29.1 Å². The highest BCUT2D eigenvalue weighted by Crippen LogP contribution is 2.23. The van der Waals surface area contributed by atoms with Crippen LogP contribution >= 0.6 is 0 Å². The van der Waals surface area contributed by atoms with Gasteiger partial charge in [0.05, 0.1) is 0 Å². The molecule has 2 heteroatoms. The zero-order valence-electron chi connectivity index (χ0n) is 9.51. The fourth-order valence-corrected chi connectivity index (χ4v) is 1.99. The minimum Gasteiger partial charge on any atom is -0.356 e. The van der Waals surface area contributed by atoms with Gasteiger partial charge in [-0.05, 0) is 25.2 Å². The molecule has 1 rings (SSSR count). The molecule has 0 radical (unpaired) electrons. The molecule has 1 aliphatic carbocycles. The summed E-state index contributed by atoms with van der Waals surface area (Å²) >= 11 is 0. The van der Waals surface area contributed by atoms with E-state index in [0.717, 1.165) is 25.8 Å². The number of hydrogen-bond acceptors (Lipinski definition) is 1. The van der Waals surface area contributed by atoms with Crippen molar-refractivity contribution in [1.82, 2.24) is 5.32 Å². The minimum atomic E-state index is 0.297. The monoisotopic (exact) mass is 197 g/mol. The molecule has 0 aromatic heterocycles. The Morgan fingerprint density at radius 2 is 1.93 bits per heavy atom. The van der Waals surface area contributed by atoms with Gasteiger partial charge in [-0.25, -0.2) is 0 Å². The lowest BCUT2D eigenvalue weighted by Gasteiger charge is -2.20. The lowest BCUT2D eigenvalue weighted by Crippen LogP contribution is -2.32. The van der Waals surface area contributed by atoms with E-state index in [1.165, 1.54) is 19.3 Å². The van der Waals surface area contributed by atoms with Gasteiger partial charge in [-0.15, -0.1) is 0 Å². The Kier molecular flexibility index (Phi) is 4.99. The van der Waals surface area contributed by atoms with Crippen molar-refractivity contribution in [2.45, 2.75) is 52.4 Å². The number of nitrogens with one attached hydrogen (secondary N) is 1. The third-order valence-electron chi connectivity index (χ3n) is 3.00. The lowest BCUT2D eigenvalue weighted by molar-refractivity contribution is -0.125. The average Bonchev–Trinajstić information content (AvgIpc) is 2.18. The first-order valence-corrected chi connectivity index (χ1v) is 5.98. The lowest BCUT2D eigenvalue weighted by atomic mass is 9.88. The van der Waals surface area contributed by atoms with E-state index in [4.69, 9.17) is 0 Å². The summed E-state index contributed by atoms with van der Waals surface area (Å²) < 4.78 is 0. The van der Waals surface area contributed by atoms with Crippen LogP contribution in [0, 0.1) is 11.8 Å². The van der Waals surface area contributed by atoms with Crippen molar-refractivity contribution >= 4 is 5.91 Å². The predicted molar refractivity (Wildman–Crippen MR) is 59.0 cm³/mol. The largest absolute Gasteiger partial charge is 0.356 e. The van der Waals surface area contributed by atoms with E-state index in [-0.39, 0.29) is 0 Å². The van der Waals surface area contributed by atoms with E-state index in [1.807, 2.05) is 0 Å². The molecule has 1 saturated carbocycles. The van der Waals surface area contributed by atoms with Crippen molar-refractivity contribution < 1.29 is 4.79 Å². The number of amides is 1. The molecule has 1 aliphatic rings. The molecule has 2 nitrogen and oxygen atoms in total. The third-order valence-corrected chi connectivity index (χ3v) is 3.00. The molecule has 14 heavy (non-hydrogen) atoms. The normalized spacial score (nSPS) is 18.5. The Bertz CT molecular complexity index is 171. The van der Waals surface area contributed by atoms with Gasteiger partial charge >= 0.3 is 0 Å². The SMILES string of the molecule is CC(C)CCNC(=O)C1CCCCC1. The summed E-state index contributed by atoms with van der Waals surface area (Å²) in [6, 6.07) is 0. The van der Waals surface area contributed by atoms with Gasteiger partial charge in [0.1, 0.15) is 0 Å². The van der Waals surface area contributed by atoms with Crippen molar-refractivity contribution in [2.75, 3.05) is 6.54 Å². The molecule has 0 unspecified atom stereocenters. The second-order valence-corrected chi connectivity index (χ2v) is 4.81. The van der Waals surface area contributed by atoms with Gasteiger partial charge in [-0.1, -0.05) is 33.1 Å². The summed E-state index contributed by atoms with van der Waals surface area (Å²) in [4.78, 5) is 11.7. The highest BCUT2D eigenvalue weighted by atomic mass is 16.1. The van der Waals surface area contributed by atoms with Crippen LogP contribution in [-0.4, -0.2) is 12.5 Å². The second kappa shape index (κ2) is 6.05. The van der Waals surface area contributed by atoms with Crippen LogP contribution in [0.2, 0.25) is 0 Å². The summed E-state index contributed by atoms with van der Waals surface area (Å²) in [6.07, 6.45) is 7.10. The number of rotatable bonds is 4. The first-order chi connectivity index (χ1) is 6.70. The molecule has 1 N–H and O–H groups in total. The fourth-order valence-electron chi connectivity index (χ4n) is 1.99. The maximum atomic E-state index is 11.7. The Hall–Kier alpha value is -0.530. The molecule has 0 heterocycles. The van der Waals surface area contributed by atoms with Crippen molar-refractivity contribution in [1.29, 1.82) is 0 Å². The number of carbonyl (C=O) groups excluding carboxylic acids is 1. The Morgan fingerprint density at radius 3 is 2.50 bits per heavy atom. The molecule has 82 valence electrons. The van der Waals surface area contributed by atoms with Crippen LogP contribution < -0.4 is 5.32 Å². The van der Waals surface area contributed by atoms with Gasteiger partial charge in [0.15, 0.2) is 0 Å². The van der Waals surface area contributed by atoms with Gasteiger partial charge in [-0.3, -0.25) is 4.79 Å². The molecule has 0 bridgehead atoms. The van der Waals surface area contributed by atoms with Gasteiger partial charge in [0.2, 0.25) is 5.91 Å². The van der Waals surface area contributed by atoms with Crippen molar-refractivity contribution in [3.8, 4) is 0 Å². The number of hydrogen-bond donors (Lipinski definition) is 1. The van der Waals surface area contributed by atoms with E-state index in [1.54, 1.807) is 0 Å². The zero-order valence-corrected chi connectivity index (χ0v) is 9.51. The highest BCUT2D eigenvalue weighted by Gasteiger charge is 2.20. The van der Waals surface area contributed by atoms with E-state index < -0.39 is 0 Å². The van der Waals surface area contributed by atoms with Crippen LogP contribution in [0.4, 0.5) is 0 Å². The molecule has 1 amide bonds. The van der Waals surface area contributed by atoms with Gasteiger partial charge < -0.3 is 5.32 Å². The van der Waals surface area contributed by atoms with Crippen molar-refractivity contribution in [3.63, 3.8) is 0 Å². The van der Waals surface area contributed by atoms with Crippen LogP contribution in [0.25, 0.3) is 0 Å². The van der Waals surface area contributed by atoms with E-state index >= 15 is 0 Å². The molecule has 0 spiro atoms. The van der Waals surface area contributed by atoms with Crippen LogP contribution in [-0.2, 0) is 4.79 Å². The van der Waals surface area contributed by atoms with Gasteiger partial charge in [0, 0.05) is 12.5 Å². The summed E-state index contributed by atoms with van der Waals surface area (Å²) in [6.45, 7) is 5.23. The first kappa shape index (κ1) is 11.5. The quantitative estimate of drug-likeness (QED) is 0.737. The summed E-state index contributed by atoms with van der Waals surface area (Å²) in [5.74, 6) is 1.29. The summed E-state index contributed by atoms with van der Waals surface area (Å²) in [7, 11) is 0. The molecule has 0 aliphatic heterocycles. The Labute approximate surface area is 87.5 Å². The molecule has 0 saturated heterocycles. The Morgan fingerprint density at radius 1 is 1.29 bits per heavy atom. The summed E-state index contributed by atoms with van der Waals surface area (Å²) in [5, 5.41) is 3.04. The molecular formula is C12H23NO.